The quantitative estimate of drug-likeness (QED) is 0.817. The number of nitrogens with zero attached hydrogens (tertiary/aromatic N) is 3. The molecule has 5 heteroatoms. The molecule has 0 saturated carbocycles. The van der Waals surface area contributed by atoms with E-state index in [1.165, 1.54) is 0 Å². The molecule has 0 aromatic carbocycles. The highest BCUT2D eigenvalue weighted by atomic mass is 16.5. The number of methoxy groups -OCH3 is 1. The van der Waals surface area contributed by atoms with Crippen molar-refractivity contribution in [3.8, 4) is 0 Å². The monoisotopic (exact) mass is 238 g/mol. The Morgan fingerprint density at radius 3 is 2.71 bits per heavy atom. The van der Waals surface area contributed by atoms with E-state index >= 15 is 0 Å². The van der Waals surface area contributed by atoms with Gasteiger partial charge in [0.15, 0.2) is 0 Å². The maximum absolute atomic E-state index is 5.14. The van der Waals surface area contributed by atoms with Gasteiger partial charge < -0.3 is 15.0 Å². The number of hydrogen-bond donors (Lipinski definition) is 1. The number of nitrogens with one attached hydrogen (secondary N) is 1. The van der Waals surface area contributed by atoms with Gasteiger partial charge in [-0.25, -0.2) is 4.98 Å². The standard InChI is InChI=1S/C12H22N4O/c1-9(2)16(6-7-17-5)11-10(3)8-14-12(13-4)15-11/h8-9H,6-7H2,1-5H3,(H,13,14,15). The number of rotatable bonds is 6. The Kier molecular flexibility index (Phi) is 5.15. The van der Waals surface area contributed by atoms with E-state index < -0.39 is 0 Å². The zero-order valence-corrected chi connectivity index (χ0v) is 11.3. The molecule has 0 unspecified atom stereocenters. The Morgan fingerprint density at radius 1 is 1.47 bits per heavy atom. The molecule has 0 aliphatic carbocycles. The van der Waals surface area contributed by atoms with E-state index in [0.717, 1.165) is 17.9 Å². The third-order valence-corrected chi connectivity index (χ3v) is 2.60. The highest BCUT2D eigenvalue weighted by Gasteiger charge is 2.15. The normalized spacial score (nSPS) is 10.7. The average Bonchev–Trinajstić information content (AvgIpc) is 2.31. The smallest absolute Gasteiger partial charge is 0.224 e. The van der Waals surface area contributed by atoms with E-state index in [4.69, 9.17) is 4.74 Å². The van der Waals surface area contributed by atoms with Crippen LogP contribution in [0.2, 0.25) is 0 Å². The minimum Gasteiger partial charge on any atom is -0.383 e. The van der Waals surface area contributed by atoms with Crippen LogP contribution in [-0.4, -0.2) is 43.3 Å². The predicted molar refractivity (Wildman–Crippen MR) is 70.7 cm³/mol. The van der Waals surface area contributed by atoms with Crippen LogP contribution in [0.1, 0.15) is 19.4 Å². The number of aryl methyl sites for hydroxylation is 1. The van der Waals surface area contributed by atoms with Gasteiger partial charge in [0.1, 0.15) is 5.82 Å². The summed E-state index contributed by atoms with van der Waals surface area (Å²) in [6.45, 7) is 7.84. The molecule has 0 aliphatic heterocycles. The summed E-state index contributed by atoms with van der Waals surface area (Å²) in [5.41, 5.74) is 1.08. The van der Waals surface area contributed by atoms with E-state index in [9.17, 15) is 0 Å². The van der Waals surface area contributed by atoms with Crippen LogP contribution in [-0.2, 0) is 4.74 Å². The van der Waals surface area contributed by atoms with E-state index in [1.54, 1.807) is 7.11 Å². The molecular weight excluding hydrogens is 216 g/mol. The van der Waals surface area contributed by atoms with Crippen LogP contribution in [0.15, 0.2) is 6.20 Å². The molecule has 1 rings (SSSR count). The minimum absolute atomic E-state index is 0.378. The number of ether oxygens (including phenoxy) is 1. The van der Waals surface area contributed by atoms with Crippen LogP contribution in [0.25, 0.3) is 0 Å². The summed E-state index contributed by atoms with van der Waals surface area (Å²) in [6.07, 6.45) is 1.84. The second-order valence-corrected chi connectivity index (χ2v) is 4.23. The summed E-state index contributed by atoms with van der Waals surface area (Å²) >= 11 is 0. The molecule has 0 spiro atoms. The molecule has 96 valence electrons. The van der Waals surface area contributed by atoms with Crippen LogP contribution in [0.3, 0.4) is 0 Å². The highest BCUT2D eigenvalue weighted by molar-refractivity contribution is 5.49. The Balaban J connectivity index is 2.99. The number of hydrogen-bond acceptors (Lipinski definition) is 5. The SMILES string of the molecule is CNc1ncc(C)c(N(CCOC)C(C)C)n1. The molecule has 0 atom stereocenters. The maximum Gasteiger partial charge on any atom is 0.224 e. The van der Waals surface area contributed by atoms with E-state index in [0.29, 0.717) is 18.6 Å². The molecule has 1 aromatic rings. The third-order valence-electron chi connectivity index (χ3n) is 2.60. The van der Waals surface area contributed by atoms with Crippen LogP contribution in [0, 0.1) is 6.92 Å². The highest BCUT2D eigenvalue weighted by Crippen LogP contribution is 2.19. The van der Waals surface area contributed by atoms with Crippen LogP contribution >= 0.6 is 0 Å². The van der Waals surface area contributed by atoms with Crippen molar-refractivity contribution in [1.29, 1.82) is 0 Å². The molecule has 0 aliphatic rings. The van der Waals surface area contributed by atoms with Gasteiger partial charge in [-0.05, 0) is 20.8 Å². The van der Waals surface area contributed by atoms with Crippen molar-refractivity contribution in [2.75, 3.05) is 37.5 Å². The summed E-state index contributed by atoms with van der Waals surface area (Å²) in [4.78, 5) is 10.9. The first-order valence-electron chi connectivity index (χ1n) is 5.87. The molecule has 1 aromatic heterocycles. The van der Waals surface area contributed by atoms with Crippen molar-refractivity contribution < 1.29 is 4.74 Å². The molecule has 0 bridgehead atoms. The van der Waals surface area contributed by atoms with Gasteiger partial charge in [0, 0.05) is 38.5 Å². The first-order valence-corrected chi connectivity index (χ1v) is 5.87. The zero-order chi connectivity index (χ0) is 12.8. The second-order valence-electron chi connectivity index (χ2n) is 4.23. The van der Waals surface area contributed by atoms with Gasteiger partial charge in [-0.2, -0.15) is 4.98 Å². The molecule has 0 amide bonds. The van der Waals surface area contributed by atoms with Crippen LogP contribution in [0.5, 0.6) is 0 Å². The predicted octanol–water partition coefficient (Wildman–Crippen LogP) is 1.69. The van der Waals surface area contributed by atoms with Gasteiger partial charge in [-0.3, -0.25) is 0 Å². The van der Waals surface area contributed by atoms with Gasteiger partial charge in [0.25, 0.3) is 0 Å². The zero-order valence-electron chi connectivity index (χ0n) is 11.3. The van der Waals surface area contributed by atoms with Crippen molar-refractivity contribution in [1.82, 2.24) is 9.97 Å². The van der Waals surface area contributed by atoms with Crippen LogP contribution < -0.4 is 10.2 Å². The van der Waals surface area contributed by atoms with E-state index in [-0.39, 0.29) is 0 Å². The fourth-order valence-corrected chi connectivity index (χ4v) is 1.64. The molecule has 0 saturated heterocycles. The number of aromatic nitrogens is 2. The van der Waals surface area contributed by atoms with Gasteiger partial charge in [0.05, 0.1) is 6.61 Å². The third kappa shape index (κ3) is 3.56. The van der Waals surface area contributed by atoms with Gasteiger partial charge in [0.2, 0.25) is 5.95 Å². The Bertz CT molecular complexity index is 354. The lowest BCUT2D eigenvalue weighted by Crippen LogP contribution is -2.35. The Labute approximate surface area is 103 Å². The molecule has 0 fully saturated rings. The van der Waals surface area contributed by atoms with E-state index in [1.807, 2.05) is 20.2 Å². The average molecular weight is 238 g/mol. The lowest BCUT2D eigenvalue weighted by molar-refractivity contribution is 0.203. The van der Waals surface area contributed by atoms with Crippen molar-refractivity contribution in [3.63, 3.8) is 0 Å². The second kappa shape index (κ2) is 6.39. The summed E-state index contributed by atoms with van der Waals surface area (Å²) in [6, 6.07) is 0.378. The van der Waals surface area contributed by atoms with Crippen molar-refractivity contribution >= 4 is 11.8 Å². The van der Waals surface area contributed by atoms with E-state index in [2.05, 4.69) is 34.0 Å². The lowest BCUT2D eigenvalue weighted by atomic mass is 10.2. The summed E-state index contributed by atoms with van der Waals surface area (Å²) in [7, 11) is 3.54. The summed E-state index contributed by atoms with van der Waals surface area (Å²) < 4.78 is 5.14. The topological polar surface area (TPSA) is 50.3 Å². The van der Waals surface area contributed by atoms with Gasteiger partial charge >= 0.3 is 0 Å². The molecular formula is C12H22N4O. The van der Waals surface area contributed by atoms with Gasteiger partial charge in [-0.1, -0.05) is 0 Å². The van der Waals surface area contributed by atoms with Crippen molar-refractivity contribution in [2.24, 2.45) is 0 Å². The lowest BCUT2D eigenvalue weighted by Gasteiger charge is -2.29. The maximum atomic E-state index is 5.14. The Hall–Kier alpha value is -1.36. The first-order chi connectivity index (χ1) is 8.10. The summed E-state index contributed by atoms with van der Waals surface area (Å²) in [5.74, 6) is 1.62. The number of anilines is 2. The van der Waals surface area contributed by atoms with Crippen molar-refractivity contribution in [2.45, 2.75) is 26.8 Å². The first kappa shape index (κ1) is 13.7. The molecule has 1 N–H and O–H groups in total. The fraction of sp³-hybridized carbons (Fsp3) is 0.667. The van der Waals surface area contributed by atoms with Crippen molar-refractivity contribution in [3.05, 3.63) is 11.8 Å². The molecule has 1 heterocycles. The molecule has 17 heavy (non-hydrogen) atoms. The Morgan fingerprint density at radius 2 is 2.18 bits per heavy atom. The fourth-order valence-electron chi connectivity index (χ4n) is 1.64. The minimum atomic E-state index is 0.378. The van der Waals surface area contributed by atoms with Crippen LogP contribution in [0.4, 0.5) is 11.8 Å². The molecule has 5 nitrogen and oxygen atoms in total. The summed E-state index contributed by atoms with van der Waals surface area (Å²) in [5, 5.41) is 2.96. The molecule has 0 radical (unpaired) electrons. The van der Waals surface area contributed by atoms with Gasteiger partial charge in [-0.15, -0.1) is 0 Å². The largest absolute Gasteiger partial charge is 0.383 e.